The molecule has 0 unspecified atom stereocenters. The zero-order chi connectivity index (χ0) is 0. The summed E-state index contributed by atoms with van der Waals surface area (Å²) in [6.45, 7) is 0. The molecular weight excluding hydrogens is 477 g/mol. The van der Waals surface area contributed by atoms with Gasteiger partial charge >= 0.3 is 99.8 Å². The molecule has 0 nitrogen and oxygen atoms in total. The SMILES string of the molecule is [Co+2].[Co+2].[Co+2].[Ni+2].[Ni+2].[Ni+2].[P-3].[P-3].[P-3].[P-3]. The van der Waals surface area contributed by atoms with E-state index in [1.165, 1.54) is 0 Å². The molecule has 0 aliphatic carbocycles. The van der Waals surface area contributed by atoms with Crippen LogP contribution in [0.15, 0.2) is 0 Å². The van der Waals surface area contributed by atoms with Crippen molar-refractivity contribution in [2.75, 3.05) is 0 Å². The normalized spacial score (nSPS) is 0. The molecule has 0 saturated heterocycles. The summed E-state index contributed by atoms with van der Waals surface area (Å²) in [5.74, 6) is 0. The number of hydrogen-bond donors (Lipinski definition) is 0. The average molecular weight is 477 g/mol. The van der Waals surface area contributed by atoms with E-state index in [2.05, 4.69) is 0 Å². The minimum atomic E-state index is 0. The first-order valence-electron chi connectivity index (χ1n) is 0. The molecule has 77 valence electrons. The van der Waals surface area contributed by atoms with Gasteiger partial charge in [-0.05, 0) is 0 Å². The van der Waals surface area contributed by atoms with Gasteiger partial charge in [-0.15, -0.1) is 0 Å². The smallest absolute Gasteiger partial charge is 2.00 e. The van der Waals surface area contributed by atoms with Crippen LogP contribution in [0.2, 0.25) is 0 Å². The minimum absolute atomic E-state index is 0. The molecule has 0 rings (SSSR count). The van der Waals surface area contributed by atoms with Gasteiger partial charge in [0.15, 0.2) is 0 Å². The summed E-state index contributed by atoms with van der Waals surface area (Å²) in [6, 6.07) is 0. The maximum Gasteiger partial charge on any atom is 2.00 e. The van der Waals surface area contributed by atoms with Crippen molar-refractivity contribution in [3.63, 3.8) is 0 Å². The molecule has 0 bridgehead atoms. The summed E-state index contributed by atoms with van der Waals surface area (Å²) in [6.07, 6.45) is 0. The van der Waals surface area contributed by atoms with Gasteiger partial charge in [-0.3, -0.25) is 0 Å². The average Bonchev–Trinajstić information content (AvgIpc) is 0. The van der Waals surface area contributed by atoms with Crippen LogP contribution in [0, 0.1) is 0 Å². The van der Waals surface area contributed by atoms with Crippen molar-refractivity contribution in [3.05, 3.63) is 0 Å². The molecule has 0 aliphatic rings. The van der Waals surface area contributed by atoms with Crippen LogP contribution in [0.25, 0.3) is 0 Å². The topological polar surface area (TPSA) is 0 Å². The second-order valence-corrected chi connectivity index (χ2v) is 0. The Bertz CT molecular complexity index is 15.7. The van der Waals surface area contributed by atoms with Gasteiger partial charge < -0.3 is 39.6 Å². The van der Waals surface area contributed by atoms with Gasteiger partial charge in [0.05, 0.1) is 0 Å². The van der Waals surface area contributed by atoms with E-state index in [4.69, 9.17) is 0 Å². The van der Waals surface area contributed by atoms with E-state index in [1.54, 1.807) is 0 Å². The van der Waals surface area contributed by atoms with Crippen molar-refractivity contribution in [1.82, 2.24) is 0 Å². The van der Waals surface area contributed by atoms with Gasteiger partial charge in [0, 0.05) is 0 Å². The Labute approximate surface area is 137 Å². The largest absolute Gasteiger partial charge is 3.00 e. The van der Waals surface area contributed by atoms with Crippen molar-refractivity contribution < 1.29 is 99.8 Å². The second-order valence-electron chi connectivity index (χ2n) is 0. The van der Waals surface area contributed by atoms with Gasteiger partial charge in [-0.25, -0.2) is 0 Å². The van der Waals surface area contributed by atoms with E-state index in [9.17, 15) is 0 Å². The van der Waals surface area contributed by atoms with Gasteiger partial charge in [0.2, 0.25) is 0 Å². The van der Waals surface area contributed by atoms with Gasteiger partial charge in [0.1, 0.15) is 0 Å². The number of rotatable bonds is 0. The molecule has 0 heterocycles. The molecule has 0 saturated carbocycles. The fraction of sp³-hybridized carbons (Fsp3) is 0. The molecule has 0 aromatic carbocycles. The summed E-state index contributed by atoms with van der Waals surface area (Å²) < 4.78 is 0. The van der Waals surface area contributed by atoms with Gasteiger partial charge in [0.25, 0.3) is 0 Å². The molecule has 0 aromatic heterocycles. The van der Waals surface area contributed by atoms with E-state index in [-0.39, 0.29) is 139 Å². The molecular formula is Co3Ni3P4. The molecule has 3 radical (unpaired) electrons. The van der Waals surface area contributed by atoms with Crippen LogP contribution < -0.4 is 0 Å². The zero-order valence-electron chi connectivity index (χ0n) is 3.74. The van der Waals surface area contributed by atoms with Crippen LogP contribution in [0.3, 0.4) is 0 Å². The third-order valence-electron chi connectivity index (χ3n) is 0. The van der Waals surface area contributed by atoms with Crippen LogP contribution in [0.1, 0.15) is 0 Å². The Hall–Kier alpha value is 4.72. The Morgan fingerprint density at radius 1 is 0.300 bits per heavy atom. The molecule has 0 spiro atoms. The summed E-state index contributed by atoms with van der Waals surface area (Å²) in [5.41, 5.74) is 0. The van der Waals surface area contributed by atoms with E-state index in [1.807, 2.05) is 0 Å². The van der Waals surface area contributed by atoms with E-state index in [0.717, 1.165) is 0 Å². The Balaban J connectivity index is 0. The van der Waals surface area contributed by atoms with Crippen LogP contribution in [-0.2, 0) is 99.8 Å². The van der Waals surface area contributed by atoms with Gasteiger partial charge in [-0.1, -0.05) is 0 Å². The molecule has 10 heteroatoms. The summed E-state index contributed by atoms with van der Waals surface area (Å²) >= 11 is 0. The monoisotopic (exact) mass is 475 g/mol. The predicted molar refractivity (Wildman–Crippen MR) is 27.7 cm³/mol. The Morgan fingerprint density at radius 3 is 0.300 bits per heavy atom. The number of hydrogen-bond acceptors (Lipinski definition) is 0. The van der Waals surface area contributed by atoms with Crippen molar-refractivity contribution in [1.29, 1.82) is 0 Å². The van der Waals surface area contributed by atoms with Crippen LogP contribution in [0.5, 0.6) is 0 Å². The zero-order valence-corrected chi connectivity index (χ0v) is 13.4. The first kappa shape index (κ1) is 124. The fourth-order valence-electron chi connectivity index (χ4n) is 0. The maximum absolute atomic E-state index is 0. The molecule has 0 amide bonds. The van der Waals surface area contributed by atoms with Crippen LogP contribution in [0.4, 0.5) is 0 Å². The van der Waals surface area contributed by atoms with E-state index < -0.39 is 0 Å². The fourth-order valence-corrected chi connectivity index (χ4v) is 0. The summed E-state index contributed by atoms with van der Waals surface area (Å²) in [4.78, 5) is 0. The first-order valence-corrected chi connectivity index (χ1v) is 0. The van der Waals surface area contributed by atoms with Gasteiger partial charge in [-0.2, -0.15) is 0 Å². The molecule has 0 aromatic rings. The summed E-state index contributed by atoms with van der Waals surface area (Å²) in [7, 11) is 0. The minimum Gasteiger partial charge on any atom is -3.00 e. The molecule has 0 fully saturated rings. The molecule has 0 N–H and O–H groups in total. The van der Waals surface area contributed by atoms with Crippen LogP contribution in [-0.4, -0.2) is 0 Å². The van der Waals surface area contributed by atoms with Crippen LogP contribution >= 0.6 is 39.6 Å². The standard InChI is InChI=1S/3Co.3Ni.4P/q6*+2;4*-3. The predicted octanol–water partition coefficient (Wildman–Crippen LogP) is 3.43. The molecule has 10 heavy (non-hydrogen) atoms. The second kappa shape index (κ2) is 99.6. The third kappa shape index (κ3) is 78.4. The van der Waals surface area contributed by atoms with Crippen molar-refractivity contribution >= 4 is 39.6 Å². The Morgan fingerprint density at radius 2 is 0.300 bits per heavy atom. The van der Waals surface area contributed by atoms with E-state index in [0.29, 0.717) is 0 Å². The van der Waals surface area contributed by atoms with Crippen molar-refractivity contribution in [2.24, 2.45) is 0 Å². The van der Waals surface area contributed by atoms with Crippen molar-refractivity contribution in [3.8, 4) is 0 Å². The quantitative estimate of drug-likeness (QED) is 0.371. The van der Waals surface area contributed by atoms with Crippen molar-refractivity contribution in [2.45, 2.75) is 0 Å². The summed E-state index contributed by atoms with van der Waals surface area (Å²) in [5, 5.41) is 0. The maximum atomic E-state index is 0. The molecule has 0 atom stereocenters. The first-order chi connectivity index (χ1) is 0. The third-order valence-corrected chi connectivity index (χ3v) is 0. The Kier molecular flexibility index (Phi) is 1240. The molecule has 0 aliphatic heterocycles. The van der Waals surface area contributed by atoms with E-state index >= 15 is 0 Å².